The third kappa shape index (κ3) is 3.46. The van der Waals surface area contributed by atoms with Crippen molar-refractivity contribution in [2.45, 2.75) is 52.0 Å². The third-order valence-corrected chi connectivity index (χ3v) is 4.49. The highest BCUT2D eigenvalue weighted by Gasteiger charge is 2.24. The molecular weight excluding hydrogens is 196 g/mol. The lowest BCUT2D eigenvalue weighted by atomic mass is 9.80. The van der Waals surface area contributed by atoms with E-state index >= 15 is 0 Å². The maximum Gasteiger partial charge on any atom is 0.0107 e. The molecule has 1 heterocycles. The van der Waals surface area contributed by atoms with Crippen molar-refractivity contribution in [3.63, 3.8) is 0 Å². The van der Waals surface area contributed by atoms with E-state index in [1.807, 2.05) is 0 Å². The number of hydrogen-bond donors (Lipinski definition) is 1. The zero-order valence-corrected chi connectivity index (χ0v) is 11.0. The average Bonchev–Trinajstić information content (AvgIpc) is 2.76. The summed E-state index contributed by atoms with van der Waals surface area (Å²) in [4.78, 5) is 2.60. The molecular formula is C14H28N2. The van der Waals surface area contributed by atoms with Crippen molar-refractivity contribution in [1.29, 1.82) is 0 Å². The molecule has 0 radical (unpaired) electrons. The van der Waals surface area contributed by atoms with Crippen LogP contribution in [0.5, 0.6) is 0 Å². The summed E-state index contributed by atoms with van der Waals surface area (Å²) in [5.74, 6) is 1.82. The van der Waals surface area contributed by atoms with Gasteiger partial charge in [0, 0.05) is 19.1 Å². The van der Waals surface area contributed by atoms with Crippen LogP contribution in [0.1, 0.15) is 46.0 Å². The Kier molecular flexibility index (Phi) is 4.66. The van der Waals surface area contributed by atoms with Crippen molar-refractivity contribution in [2.75, 3.05) is 26.2 Å². The summed E-state index contributed by atoms with van der Waals surface area (Å²) in [6, 6.07) is 0.784. The van der Waals surface area contributed by atoms with E-state index in [2.05, 4.69) is 24.1 Å². The van der Waals surface area contributed by atoms with Crippen molar-refractivity contribution < 1.29 is 0 Å². The highest BCUT2D eigenvalue weighted by atomic mass is 15.2. The molecule has 0 aromatic rings. The topological polar surface area (TPSA) is 15.3 Å². The molecule has 1 saturated heterocycles. The van der Waals surface area contributed by atoms with E-state index < -0.39 is 0 Å². The maximum absolute atomic E-state index is 3.79. The molecule has 0 aromatic heterocycles. The molecule has 1 N–H and O–H groups in total. The summed E-state index contributed by atoms with van der Waals surface area (Å²) in [5.41, 5.74) is 0. The molecule has 0 aromatic carbocycles. The van der Waals surface area contributed by atoms with Crippen molar-refractivity contribution >= 4 is 0 Å². The minimum absolute atomic E-state index is 0.784. The molecule has 0 amide bonds. The van der Waals surface area contributed by atoms with Crippen molar-refractivity contribution in [1.82, 2.24) is 10.2 Å². The molecule has 2 heteroatoms. The lowest BCUT2D eigenvalue weighted by molar-refractivity contribution is 0.220. The minimum Gasteiger partial charge on any atom is -0.312 e. The van der Waals surface area contributed by atoms with Gasteiger partial charge in [-0.1, -0.05) is 20.3 Å². The van der Waals surface area contributed by atoms with Crippen LogP contribution in [0.3, 0.4) is 0 Å². The van der Waals surface area contributed by atoms with E-state index in [4.69, 9.17) is 0 Å². The Labute approximate surface area is 101 Å². The van der Waals surface area contributed by atoms with Gasteiger partial charge in [0.05, 0.1) is 0 Å². The lowest BCUT2D eigenvalue weighted by Gasteiger charge is -2.34. The summed E-state index contributed by atoms with van der Waals surface area (Å²) in [7, 11) is 0. The van der Waals surface area contributed by atoms with Crippen LogP contribution in [0.15, 0.2) is 0 Å². The molecule has 2 nitrogen and oxygen atoms in total. The Bertz CT molecular complexity index is 199. The van der Waals surface area contributed by atoms with E-state index in [1.165, 1.54) is 58.3 Å². The van der Waals surface area contributed by atoms with E-state index in [9.17, 15) is 0 Å². The zero-order chi connectivity index (χ0) is 11.4. The van der Waals surface area contributed by atoms with Crippen LogP contribution in [0.4, 0.5) is 0 Å². The fourth-order valence-electron chi connectivity index (χ4n) is 3.23. The number of nitrogens with zero attached hydrogens (tertiary/aromatic N) is 1. The van der Waals surface area contributed by atoms with Crippen LogP contribution < -0.4 is 5.32 Å². The second kappa shape index (κ2) is 6.02. The van der Waals surface area contributed by atoms with Crippen LogP contribution in [0.2, 0.25) is 0 Å². The van der Waals surface area contributed by atoms with Crippen LogP contribution >= 0.6 is 0 Å². The molecule has 2 fully saturated rings. The number of nitrogens with one attached hydrogen (secondary N) is 1. The third-order valence-electron chi connectivity index (χ3n) is 4.49. The highest BCUT2D eigenvalue weighted by Crippen LogP contribution is 2.28. The van der Waals surface area contributed by atoms with Gasteiger partial charge in [-0.05, 0) is 50.6 Å². The van der Waals surface area contributed by atoms with E-state index in [0.717, 1.165) is 17.9 Å². The van der Waals surface area contributed by atoms with E-state index in [-0.39, 0.29) is 0 Å². The predicted molar refractivity (Wildman–Crippen MR) is 69.6 cm³/mol. The molecule has 3 atom stereocenters. The Hall–Kier alpha value is -0.0800. The van der Waals surface area contributed by atoms with Gasteiger partial charge >= 0.3 is 0 Å². The Morgan fingerprint density at radius 3 is 2.62 bits per heavy atom. The quantitative estimate of drug-likeness (QED) is 0.789. The molecule has 1 saturated carbocycles. The molecule has 0 spiro atoms. The Morgan fingerprint density at radius 1 is 1.12 bits per heavy atom. The predicted octanol–water partition coefficient (Wildman–Crippen LogP) is 2.50. The highest BCUT2D eigenvalue weighted by molar-refractivity contribution is 4.81. The van der Waals surface area contributed by atoms with Gasteiger partial charge in [0.25, 0.3) is 0 Å². The van der Waals surface area contributed by atoms with Crippen LogP contribution in [0.25, 0.3) is 0 Å². The van der Waals surface area contributed by atoms with E-state index in [1.54, 1.807) is 0 Å². The molecule has 3 unspecified atom stereocenters. The molecule has 94 valence electrons. The van der Waals surface area contributed by atoms with Gasteiger partial charge in [0.1, 0.15) is 0 Å². The normalized spacial score (nSPS) is 36.8. The van der Waals surface area contributed by atoms with Crippen LogP contribution in [0, 0.1) is 11.8 Å². The van der Waals surface area contributed by atoms with Crippen molar-refractivity contribution in [3.05, 3.63) is 0 Å². The van der Waals surface area contributed by atoms with Gasteiger partial charge in [-0.15, -0.1) is 0 Å². The van der Waals surface area contributed by atoms with Gasteiger partial charge < -0.3 is 10.2 Å². The molecule has 1 aliphatic heterocycles. The van der Waals surface area contributed by atoms with Gasteiger partial charge in [-0.25, -0.2) is 0 Å². The van der Waals surface area contributed by atoms with Crippen molar-refractivity contribution in [2.24, 2.45) is 11.8 Å². The molecule has 2 aliphatic rings. The molecule has 2 rings (SSSR count). The fraction of sp³-hybridized carbons (Fsp3) is 1.00. The lowest BCUT2D eigenvalue weighted by Crippen LogP contribution is -2.42. The van der Waals surface area contributed by atoms with E-state index in [0.29, 0.717) is 0 Å². The standard InChI is InChI=1S/C14H28N2/c1-12-5-6-13(2)14(11-12)15-7-10-16-8-3-4-9-16/h12-15H,3-11H2,1-2H3. The Morgan fingerprint density at radius 2 is 1.88 bits per heavy atom. The first kappa shape index (κ1) is 12.4. The van der Waals surface area contributed by atoms with Gasteiger partial charge in [0.2, 0.25) is 0 Å². The van der Waals surface area contributed by atoms with Gasteiger partial charge in [-0.2, -0.15) is 0 Å². The largest absolute Gasteiger partial charge is 0.312 e. The van der Waals surface area contributed by atoms with Crippen LogP contribution in [-0.2, 0) is 0 Å². The summed E-state index contributed by atoms with van der Waals surface area (Å²) < 4.78 is 0. The van der Waals surface area contributed by atoms with Crippen molar-refractivity contribution in [3.8, 4) is 0 Å². The molecule has 16 heavy (non-hydrogen) atoms. The van der Waals surface area contributed by atoms with Gasteiger partial charge in [-0.3, -0.25) is 0 Å². The number of rotatable bonds is 4. The maximum atomic E-state index is 3.79. The van der Waals surface area contributed by atoms with Gasteiger partial charge in [0.15, 0.2) is 0 Å². The molecule has 0 bridgehead atoms. The smallest absolute Gasteiger partial charge is 0.0107 e. The summed E-state index contributed by atoms with van der Waals surface area (Å²) in [6.45, 7) is 9.94. The summed E-state index contributed by atoms with van der Waals surface area (Å²) >= 11 is 0. The SMILES string of the molecule is CC1CCC(C)C(NCCN2CCCC2)C1. The monoisotopic (exact) mass is 224 g/mol. The average molecular weight is 224 g/mol. The first-order valence-electron chi connectivity index (χ1n) is 7.21. The number of hydrogen-bond acceptors (Lipinski definition) is 2. The second-order valence-electron chi connectivity index (χ2n) is 6.00. The first-order chi connectivity index (χ1) is 7.75. The molecule has 1 aliphatic carbocycles. The zero-order valence-electron chi connectivity index (χ0n) is 11.0. The Balaban J connectivity index is 1.63. The summed E-state index contributed by atoms with van der Waals surface area (Å²) in [6.07, 6.45) is 7.07. The second-order valence-corrected chi connectivity index (χ2v) is 6.00. The van der Waals surface area contributed by atoms with Crippen LogP contribution in [-0.4, -0.2) is 37.1 Å². The fourth-order valence-corrected chi connectivity index (χ4v) is 3.23. The number of likely N-dealkylation sites (tertiary alicyclic amines) is 1. The minimum atomic E-state index is 0.784. The summed E-state index contributed by atoms with van der Waals surface area (Å²) in [5, 5.41) is 3.79. The first-order valence-corrected chi connectivity index (χ1v) is 7.21.